The summed E-state index contributed by atoms with van der Waals surface area (Å²) < 4.78 is 0. The molecule has 90 valence electrons. The number of halogens is 1. The topological polar surface area (TPSA) is 29.1 Å². The van der Waals surface area contributed by atoms with Gasteiger partial charge in [-0.1, -0.05) is 0 Å². The predicted molar refractivity (Wildman–Crippen MR) is 64.2 cm³/mol. The molecule has 3 heteroatoms. The van der Waals surface area contributed by atoms with Crippen LogP contribution in [0.2, 0.25) is 0 Å². The SMILES string of the molecule is CC(C)(CCl)NC(=O)C1C2C3CCC(C3)C12. The first-order valence-corrected chi connectivity index (χ1v) is 6.95. The van der Waals surface area contributed by atoms with E-state index in [0.717, 1.165) is 23.7 Å². The van der Waals surface area contributed by atoms with Gasteiger partial charge in [-0.15, -0.1) is 11.6 Å². The Labute approximate surface area is 102 Å². The molecule has 3 rings (SSSR count). The molecule has 1 N–H and O–H groups in total. The average Bonchev–Trinajstić information content (AvgIpc) is 2.69. The molecule has 2 nitrogen and oxygen atoms in total. The summed E-state index contributed by atoms with van der Waals surface area (Å²) in [7, 11) is 0. The second kappa shape index (κ2) is 3.38. The quantitative estimate of drug-likeness (QED) is 0.756. The smallest absolute Gasteiger partial charge is 0.224 e. The highest BCUT2D eigenvalue weighted by Gasteiger charge is 2.67. The molecule has 3 saturated carbocycles. The lowest BCUT2D eigenvalue weighted by atomic mass is 10.0. The van der Waals surface area contributed by atoms with Crippen LogP contribution >= 0.6 is 11.6 Å². The zero-order valence-corrected chi connectivity index (χ0v) is 10.8. The van der Waals surface area contributed by atoms with Gasteiger partial charge in [0.05, 0.1) is 0 Å². The van der Waals surface area contributed by atoms with E-state index in [2.05, 4.69) is 5.32 Å². The zero-order chi connectivity index (χ0) is 11.5. The minimum Gasteiger partial charge on any atom is -0.350 e. The Balaban J connectivity index is 1.63. The van der Waals surface area contributed by atoms with Crippen molar-refractivity contribution in [2.75, 3.05) is 5.88 Å². The predicted octanol–water partition coefficient (Wildman–Crippen LogP) is 2.41. The Morgan fingerprint density at radius 2 is 1.88 bits per heavy atom. The number of hydrogen-bond acceptors (Lipinski definition) is 1. The number of alkyl halides is 1. The van der Waals surface area contributed by atoms with Crippen LogP contribution in [0.5, 0.6) is 0 Å². The molecule has 3 fully saturated rings. The van der Waals surface area contributed by atoms with Crippen molar-refractivity contribution < 1.29 is 4.79 Å². The molecule has 0 aromatic heterocycles. The lowest BCUT2D eigenvalue weighted by molar-refractivity contribution is -0.124. The number of carbonyl (C=O) groups excluding carboxylic acids is 1. The van der Waals surface area contributed by atoms with Crippen molar-refractivity contribution in [3.05, 3.63) is 0 Å². The molecule has 1 amide bonds. The summed E-state index contributed by atoms with van der Waals surface area (Å²) in [6.07, 6.45) is 4.14. The monoisotopic (exact) mass is 241 g/mol. The first kappa shape index (κ1) is 10.9. The molecule has 4 atom stereocenters. The third-order valence-electron chi connectivity index (χ3n) is 4.83. The van der Waals surface area contributed by atoms with Crippen LogP contribution in [-0.2, 0) is 4.79 Å². The van der Waals surface area contributed by atoms with E-state index in [1.54, 1.807) is 0 Å². The maximum atomic E-state index is 12.1. The highest BCUT2D eigenvalue weighted by Crippen LogP contribution is 2.69. The van der Waals surface area contributed by atoms with Crippen molar-refractivity contribution in [3.8, 4) is 0 Å². The van der Waals surface area contributed by atoms with Gasteiger partial charge < -0.3 is 5.32 Å². The molecule has 3 aliphatic rings. The van der Waals surface area contributed by atoms with Gasteiger partial charge in [-0.25, -0.2) is 0 Å². The lowest BCUT2D eigenvalue weighted by Gasteiger charge is -2.24. The van der Waals surface area contributed by atoms with Gasteiger partial charge in [0.1, 0.15) is 0 Å². The van der Waals surface area contributed by atoms with Gasteiger partial charge in [0.25, 0.3) is 0 Å². The third-order valence-corrected chi connectivity index (χ3v) is 5.50. The lowest BCUT2D eigenvalue weighted by Crippen LogP contribution is -2.46. The Morgan fingerprint density at radius 3 is 2.38 bits per heavy atom. The Hall–Kier alpha value is -0.240. The summed E-state index contributed by atoms with van der Waals surface area (Å²) in [5.41, 5.74) is -0.255. The maximum absolute atomic E-state index is 12.1. The summed E-state index contributed by atoms with van der Waals surface area (Å²) in [6, 6.07) is 0. The van der Waals surface area contributed by atoms with Gasteiger partial charge in [-0.05, 0) is 56.8 Å². The average molecular weight is 242 g/mol. The molecule has 0 heterocycles. The summed E-state index contributed by atoms with van der Waals surface area (Å²) in [5, 5.41) is 3.09. The van der Waals surface area contributed by atoms with Crippen molar-refractivity contribution in [3.63, 3.8) is 0 Å². The fourth-order valence-corrected chi connectivity index (χ4v) is 4.19. The number of carbonyl (C=O) groups is 1. The van der Waals surface area contributed by atoms with E-state index in [4.69, 9.17) is 11.6 Å². The largest absolute Gasteiger partial charge is 0.350 e. The van der Waals surface area contributed by atoms with Crippen LogP contribution in [-0.4, -0.2) is 17.3 Å². The second-order valence-electron chi connectivity index (χ2n) is 6.52. The van der Waals surface area contributed by atoms with Crippen LogP contribution < -0.4 is 5.32 Å². The molecule has 0 aliphatic heterocycles. The normalized spacial score (nSPS) is 44.3. The van der Waals surface area contributed by atoms with Crippen LogP contribution in [0, 0.1) is 29.6 Å². The van der Waals surface area contributed by atoms with Gasteiger partial charge in [0.2, 0.25) is 5.91 Å². The van der Waals surface area contributed by atoms with Crippen molar-refractivity contribution in [2.24, 2.45) is 29.6 Å². The number of fused-ring (bicyclic) bond motifs is 5. The maximum Gasteiger partial charge on any atom is 0.224 e. The van der Waals surface area contributed by atoms with E-state index in [1.807, 2.05) is 13.8 Å². The number of nitrogens with one attached hydrogen (secondary N) is 1. The summed E-state index contributed by atoms with van der Waals surface area (Å²) in [4.78, 5) is 12.1. The first-order valence-electron chi connectivity index (χ1n) is 6.41. The first-order chi connectivity index (χ1) is 7.53. The van der Waals surface area contributed by atoms with Crippen LogP contribution in [0.1, 0.15) is 33.1 Å². The van der Waals surface area contributed by atoms with Gasteiger partial charge in [0.15, 0.2) is 0 Å². The van der Waals surface area contributed by atoms with Crippen molar-refractivity contribution >= 4 is 17.5 Å². The fraction of sp³-hybridized carbons (Fsp3) is 0.923. The zero-order valence-electron chi connectivity index (χ0n) is 10.0. The second-order valence-corrected chi connectivity index (χ2v) is 6.79. The molecular weight excluding hydrogens is 222 g/mol. The minimum absolute atomic E-state index is 0.255. The standard InChI is InChI=1S/C13H20ClNO/c1-13(2,6-14)15-12(16)11-9-7-3-4-8(5-7)10(9)11/h7-11H,3-6H2,1-2H3,(H,15,16). The van der Waals surface area contributed by atoms with Gasteiger partial charge in [-0.2, -0.15) is 0 Å². The number of hydrogen-bond donors (Lipinski definition) is 1. The molecule has 0 aromatic carbocycles. The molecule has 4 unspecified atom stereocenters. The van der Waals surface area contributed by atoms with Crippen molar-refractivity contribution in [1.82, 2.24) is 5.32 Å². The van der Waals surface area contributed by atoms with Crippen LogP contribution in [0.4, 0.5) is 0 Å². The molecule has 16 heavy (non-hydrogen) atoms. The van der Waals surface area contributed by atoms with E-state index in [-0.39, 0.29) is 11.4 Å². The molecule has 0 spiro atoms. The summed E-state index contributed by atoms with van der Waals surface area (Å²) in [5.74, 6) is 4.25. The van der Waals surface area contributed by atoms with E-state index in [9.17, 15) is 4.79 Å². The highest BCUT2D eigenvalue weighted by atomic mass is 35.5. The third kappa shape index (κ3) is 1.49. The fourth-order valence-electron chi connectivity index (χ4n) is 4.13. The molecule has 0 saturated heterocycles. The van der Waals surface area contributed by atoms with E-state index >= 15 is 0 Å². The number of amides is 1. The minimum atomic E-state index is -0.255. The van der Waals surface area contributed by atoms with Gasteiger partial charge in [0, 0.05) is 17.3 Å². The Morgan fingerprint density at radius 1 is 1.31 bits per heavy atom. The van der Waals surface area contributed by atoms with Gasteiger partial charge in [-0.3, -0.25) is 4.79 Å². The van der Waals surface area contributed by atoms with Crippen LogP contribution in [0.25, 0.3) is 0 Å². The summed E-state index contributed by atoms with van der Waals surface area (Å²) in [6.45, 7) is 3.98. The van der Waals surface area contributed by atoms with Crippen molar-refractivity contribution in [1.29, 1.82) is 0 Å². The molecule has 0 aromatic rings. The van der Waals surface area contributed by atoms with E-state index < -0.39 is 0 Å². The molecule has 0 radical (unpaired) electrons. The summed E-state index contributed by atoms with van der Waals surface area (Å²) >= 11 is 5.84. The van der Waals surface area contributed by atoms with Crippen LogP contribution in [0.3, 0.4) is 0 Å². The number of rotatable bonds is 3. The van der Waals surface area contributed by atoms with E-state index in [1.165, 1.54) is 19.3 Å². The Bertz CT molecular complexity index is 312. The molecular formula is C13H20ClNO. The molecule has 3 aliphatic carbocycles. The van der Waals surface area contributed by atoms with E-state index in [0.29, 0.717) is 11.8 Å². The Kier molecular flexibility index (Phi) is 2.30. The van der Waals surface area contributed by atoms with Crippen molar-refractivity contribution in [2.45, 2.75) is 38.6 Å². The van der Waals surface area contributed by atoms with Gasteiger partial charge >= 0.3 is 0 Å². The highest BCUT2D eigenvalue weighted by molar-refractivity contribution is 6.18. The molecule has 2 bridgehead atoms. The van der Waals surface area contributed by atoms with Crippen LogP contribution in [0.15, 0.2) is 0 Å².